The van der Waals surface area contributed by atoms with Crippen LogP contribution in [-0.2, 0) is 14.4 Å². The summed E-state index contributed by atoms with van der Waals surface area (Å²) in [7, 11) is 0. The maximum Gasteiger partial charge on any atom is 0.240 e. The van der Waals surface area contributed by atoms with Gasteiger partial charge in [0.1, 0.15) is 11.9 Å². The number of hydrogen-bond acceptors (Lipinski definition) is 4. The Morgan fingerprint density at radius 3 is 2.26 bits per heavy atom. The SMILES string of the molecule is CC(C)(C)C(=O)[C@@H]1[C@H]2C(=O)N(c3ccc(F)cc3)C(=O)[C@H]2[C@@H]2C=Cc3ccccc3N12. The minimum Gasteiger partial charge on any atom is -0.353 e. The molecule has 5 nitrogen and oxygen atoms in total. The number of rotatable bonds is 2. The number of halogens is 1. The van der Waals surface area contributed by atoms with E-state index in [1.54, 1.807) is 0 Å². The molecule has 0 saturated carbocycles. The molecule has 0 unspecified atom stereocenters. The predicted octanol–water partition coefficient (Wildman–Crippen LogP) is 3.83. The van der Waals surface area contributed by atoms with E-state index in [0.717, 1.165) is 16.2 Å². The van der Waals surface area contributed by atoms with Crippen LogP contribution in [0.15, 0.2) is 54.6 Å². The van der Waals surface area contributed by atoms with Crippen molar-refractivity contribution in [2.24, 2.45) is 17.3 Å². The van der Waals surface area contributed by atoms with Gasteiger partial charge in [-0.1, -0.05) is 51.1 Å². The number of nitrogens with zero attached hydrogens (tertiary/aromatic N) is 2. The molecule has 0 radical (unpaired) electrons. The Morgan fingerprint density at radius 2 is 1.58 bits per heavy atom. The van der Waals surface area contributed by atoms with Crippen LogP contribution >= 0.6 is 0 Å². The second-order valence-electron chi connectivity index (χ2n) is 9.41. The molecule has 0 aliphatic carbocycles. The quantitative estimate of drug-likeness (QED) is 0.696. The molecule has 2 amide bonds. The maximum atomic E-state index is 13.6. The number of anilines is 2. The fourth-order valence-corrected chi connectivity index (χ4v) is 5.10. The van der Waals surface area contributed by atoms with E-state index >= 15 is 0 Å². The van der Waals surface area contributed by atoms with Gasteiger partial charge in [-0.25, -0.2) is 9.29 Å². The van der Waals surface area contributed by atoms with E-state index in [9.17, 15) is 18.8 Å². The minimum atomic E-state index is -0.787. The molecule has 2 fully saturated rings. The number of benzene rings is 2. The molecule has 0 N–H and O–H groups in total. The Morgan fingerprint density at radius 1 is 0.935 bits per heavy atom. The number of hydrogen-bond donors (Lipinski definition) is 0. The van der Waals surface area contributed by atoms with Gasteiger partial charge in [0.25, 0.3) is 0 Å². The van der Waals surface area contributed by atoms with Crippen LogP contribution in [0.4, 0.5) is 15.8 Å². The van der Waals surface area contributed by atoms with Crippen molar-refractivity contribution in [1.82, 2.24) is 0 Å². The smallest absolute Gasteiger partial charge is 0.240 e. The molecule has 0 spiro atoms. The Bertz CT molecular complexity index is 1130. The van der Waals surface area contributed by atoms with Crippen molar-refractivity contribution in [2.45, 2.75) is 32.9 Å². The lowest BCUT2D eigenvalue weighted by molar-refractivity contribution is -0.132. The fourth-order valence-electron chi connectivity index (χ4n) is 5.10. The molecule has 0 bridgehead atoms. The summed E-state index contributed by atoms with van der Waals surface area (Å²) in [6.07, 6.45) is 3.88. The van der Waals surface area contributed by atoms with E-state index in [1.807, 2.05) is 62.1 Å². The average Bonchev–Trinajstić information content (AvgIpc) is 3.21. The van der Waals surface area contributed by atoms with Gasteiger partial charge in [0.05, 0.1) is 23.6 Å². The first-order valence-corrected chi connectivity index (χ1v) is 10.4. The van der Waals surface area contributed by atoms with Crippen molar-refractivity contribution in [2.75, 3.05) is 9.80 Å². The Hall–Kier alpha value is -3.28. The lowest BCUT2D eigenvalue weighted by Gasteiger charge is -2.38. The summed E-state index contributed by atoms with van der Waals surface area (Å²) in [5.74, 6) is -2.71. The Labute approximate surface area is 180 Å². The van der Waals surface area contributed by atoms with Crippen LogP contribution in [0, 0.1) is 23.1 Å². The molecule has 158 valence electrons. The summed E-state index contributed by atoms with van der Waals surface area (Å²) in [6.45, 7) is 5.51. The van der Waals surface area contributed by atoms with Crippen molar-refractivity contribution < 1.29 is 18.8 Å². The molecular weight excluding hydrogens is 395 g/mol. The molecule has 5 rings (SSSR count). The van der Waals surface area contributed by atoms with Crippen LogP contribution in [0.2, 0.25) is 0 Å². The molecule has 3 aliphatic rings. The van der Waals surface area contributed by atoms with Crippen LogP contribution in [0.1, 0.15) is 26.3 Å². The van der Waals surface area contributed by atoms with Gasteiger partial charge in [-0.3, -0.25) is 14.4 Å². The summed E-state index contributed by atoms with van der Waals surface area (Å²) in [6, 6.07) is 11.9. The molecule has 0 aromatic heterocycles. The van der Waals surface area contributed by atoms with E-state index in [0.29, 0.717) is 5.69 Å². The molecular formula is C25H23FN2O3. The predicted molar refractivity (Wildman–Crippen MR) is 116 cm³/mol. The zero-order valence-electron chi connectivity index (χ0n) is 17.6. The number of imide groups is 1. The third-order valence-electron chi connectivity index (χ3n) is 6.51. The van der Waals surface area contributed by atoms with E-state index in [-0.39, 0.29) is 11.7 Å². The van der Waals surface area contributed by atoms with Gasteiger partial charge in [0.15, 0.2) is 5.78 Å². The van der Waals surface area contributed by atoms with Crippen LogP contribution < -0.4 is 9.80 Å². The minimum absolute atomic E-state index is 0.0720. The summed E-state index contributed by atoms with van der Waals surface area (Å²) >= 11 is 0. The summed E-state index contributed by atoms with van der Waals surface area (Å²) in [5.41, 5.74) is 1.47. The summed E-state index contributed by atoms with van der Waals surface area (Å²) in [4.78, 5) is 43.8. The molecule has 4 atom stereocenters. The number of ketones is 1. The highest BCUT2D eigenvalue weighted by molar-refractivity contribution is 6.25. The standard InChI is InChI=1S/C25H23FN2O3/c1-25(2,3)22(29)21-20-19(18-13-8-14-6-4-5-7-17(14)28(18)21)23(30)27(24(20)31)16-11-9-15(26)10-12-16/h4-13,18-21H,1-3H3/t18-,19-,20-,21-/m0/s1. The lowest BCUT2D eigenvalue weighted by atomic mass is 9.79. The number of fused-ring (bicyclic) bond motifs is 5. The average molecular weight is 418 g/mol. The number of carbonyl (C=O) groups excluding carboxylic acids is 3. The first kappa shape index (κ1) is 19.7. The number of para-hydroxylation sites is 1. The highest BCUT2D eigenvalue weighted by atomic mass is 19.1. The Balaban J connectivity index is 1.65. The molecule has 3 aliphatic heterocycles. The number of carbonyl (C=O) groups is 3. The van der Waals surface area contributed by atoms with E-state index < -0.39 is 41.1 Å². The van der Waals surface area contributed by atoms with Crippen molar-refractivity contribution in [3.8, 4) is 0 Å². The van der Waals surface area contributed by atoms with E-state index in [2.05, 4.69) is 0 Å². The van der Waals surface area contributed by atoms with Gasteiger partial charge < -0.3 is 4.90 Å². The third kappa shape index (κ3) is 2.77. The first-order chi connectivity index (χ1) is 14.7. The lowest BCUT2D eigenvalue weighted by Crippen LogP contribution is -2.51. The molecule has 3 heterocycles. The van der Waals surface area contributed by atoms with Gasteiger partial charge in [0, 0.05) is 11.1 Å². The van der Waals surface area contributed by atoms with Crippen molar-refractivity contribution in [3.63, 3.8) is 0 Å². The second-order valence-corrected chi connectivity index (χ2v) is 9.41. The van der Waals surface area contributed by atoms with Crippen molar-refractivity contribution in [1.29, 1.82) is 0 Å². The highest BCUT2D eigenvalue weighted by Crippen LogP contribution is 2.50. The molecule has 2 saturated heterocycles. The molecule has 31 heavy (non-hydrogen) atoms. The van der Waals surface area contributed by atoms with Crippen molar-refractivity contribution in [3.05, 3.63) is 66.0 Å². The van der Waals surface area contributed by atoms with E-state index in [4.69, 9.17) is 0 Å². The number of Topliss-reactive ketones (excluding diaryl/α,β-unsaturated/α-hetero) is 1. The topological polar surface area (TPSA) is 57.7 Å². The first-order valence-electron chi connectivity index (χ1n) is 10.4. The van der Waals surface area contributed by atoms with Gasteiger partial charge >= 0.3 is 0 Å². The van der Waals surface area contributed by atoms with Crippen LogP contribution in [0.3, 0.4) is 0 Å². The number of amides is 2. The maximum absolute atomic E-state index is 13.6. The van der Waals surface area contributed by atoms with Gasteiger partial charge in [-0.15, -0.1) is 0 Å². The van der Waals surface area contributed by atoms with Gasteiger partial charge in [0.2, 0.25) is 11.8 Å². The normalized spacial score (nSPS) is 26.7. The highest BCUT2D eigenvalue weighted by Gasteiger charge is 2.64. The zero-order chi connectivity index (χ0) is 22.1. The Kier molecular flexibility index (Phi) is 4.19. The zero-order valence-corrected chi connectivity index (χ0v) is 17.6. The summed E-state index contributed by atoms with van der Waals surface area (Å²) in [5, 5.41) is 0. The largest absolute Gasteiger partial charge is 0.353 e. The molecule has 2 aromatic carbocycles. The molecule has 2 aromatic rings. The molecule has 6 heteroatoms. The van der Waals surface area contributed by atoms with E-state index in [1.165, 1.54) is 24.3 Å². The van der Waals surface area contributed by atoms with Crippen LogP contribution in [0.25, 0.3) is 6.08 Å². The summed E-state index contributed by atoms with van der Waals surface area (Å²) < 4.78 is 13.4. The van der Waals surface area contributed by atoms with Crippen molar-refractivity contribution >= 4 is 35.0 Å². The third-order valence-corrected chi connectivity index (χ3v) is 6.51. The van der Waals surface area contributed by atoms with Crippen LogP contribution in [0.5, 0.6) is 0 Å². The fraction of sp³-hybridized carbons (Fsp3) is 0.320. The van der Waals surface area contributed by atoms with Gasteiger partial charge in [-0.05, 0) is 35.9 Å². The monoisotopic (exact) mass is 418 g/mol. The van der Waals surface area contributed by atoms with Gasteiger partial charge in [-0.2, -0.15) is 0 Å². The van der Waals surface area contributed by atoms with Crippen LogP contribution in [-0.4, -0.2) is 29.7 Å². The second kappa shape index (κ2) is 6.61.